The minimum Gasteiger partial charge on any atom is -0.300 e. The van der Waals surface area contributed by atoms with Gasteiger partial charge in [-0.1, -0.05) is 39.5 Å². The number of hydrogen-bond donors (Lipinski definition) is 0. The van der Waals surface area contributed by atoms with E-state index in [2.05, 4.69) is 33.4 Å². The first kappa shape index (κ1) is 13.2. The Hall–Kier alpha value is -0.850. The summed E-state index contributed by atoms with van der Waals surface area (Å²) in [4.78, 5) is 11.2. The highest BCUT2D eigenvalue weighted by molar-refractivity contribution is 5.75. The SMILES string of the molecule is C=CC1=CC[C@H](C(C)C)[C@@]1(C)CCC(C)=O. The molecule has 1 rings (SSSR count). The largest absolute Gasteiger partial charge is 0.300 e. The Morgan fingerprint density at radius 3 is 2.75 bits per heavy atom. The topological polar surface area (TPSA) is 17.1 Å². The summed E-state index contributed by atoms with van der Waals surface area (Å²) in [7, 11) is 0. The van der Waals surface area contributed by atoms with E-state index >= 15 is 0 Å². The van der Waals surface area contributed by atoms with Gasteiger partial charge in [0.25, 0.3) is 0 Å². The lowest BCUT2D eigenvalue weighted by molar-refractivity contribution is -0.117. The minimum absolute atomic E-state index is 0.154. The molecule has 0 aromatic carbocycles. The van der Waals surface area contributed by atoms with Gasteiger partial charge in [0.1, 0.15) is 5.78 Å². The van der Waals surface area contributed by atoms with E-state index in [4.69, 9.17) is 0 Å². The molecule has 0 aromatic heterocycles. The normalized spacial score (nSPS) is 29.3. The van der Waals surface area contributed by atoms with Crippen LogP contribution in [0.25, 0.3) is 0 Å². The molecule has 1 aliphatic rings. The van der Waals surface area contributed by atoms with Crippen LogP contribution < -0.4 is 0 Å². The van der Waals surface area contributed by atoms with E-state index in [1.165, 1.54) is 5.57 Å². The molecule has 90 valence electrons. The number of hydrogen-bond acceptors (Lipinski definition) is 1. The van der Waals surface area contributed by atoms with Crippen molar-refractivity contribution in [3.05, 3.63) is 24.3 Å². The van der Waals surface area contributed by atoms with Crippen LogP contribution in [0.15, 0.2) is 24.3 Å². The molecule has 0 aliphatic heterocycles. The number of rotatable bonds is 5. The average molecular weight is 220 g/mol. The number of allylic oxidation sites excluding steroid dienone is 3. The quantitative estimate of drug-likeness (QED) is 0.680. The highest BCUT2D eigenvalue weighted by Crippen LogP contribution is 2.50. The maximum absolute atomic E-state index is 11.2. The Morgan fingerprint density at radius 2 is 2.31 bits per heavy atom. The maximum Gasteiger partial charge on any atom is 0.129 e. The Kier molecular flexibility index (Phi) is 4.12. The molecule has 0 fully saturated rings. The zero-order valence-corrected chi connectivity index (χ0v) is 11.0. The van der Waals surface area contributed by atoms with Crippen LogP contribution >= 0.6 is 0 Å². The van der Waals surface area contributed by atoms with Crippen molar-refractivity contribution in [2.45, 2.75) is 47.0 Å². The van der Waals surface area contributed by atoms with Crippen LogP contribution in [0.5, 0.6) is 0 Å². The molecule has 1 nitrogen and oxygen atoms in total. The molecular formula is C15H24O. The van der Waals surface area contributed by atoms with Crippen LogP contribution in [0.1, 0.15) is 47.0 Å². The van der Waals surface area contributed by atoms with Gasteiger partial charge in [0.05, 0.1) is 0 Å². The molecule has 0 saturated heterocycles. The van der Waals surface area contributed by atoms with Crippen LogP contribution in [-0.4, -0.2) is 5.78 Å². The molecule has 0 N–H and O–H groups in total. The van der Waals surface area contributed by atoms with Crippen molar-refractivity contribution in [1.82, 2.24) is 0 Å². The monoisotopic (exact) mass is 220 g/mol. The van der Waals surface area contributed by atoms with E-state index in [0.29, 0.717) is 24.0 Å². The summed E-state index contributed by atoms with van der Waals surface area (Å²) in [6, 6.07) is 0. The third-order valence-electron chi connectivity index (χ3n) is 4.09. The molecule has 0 amide bonds. The third kappa shape index (κ3) is 2.45. The second-order valence-electron chi connectivity index (χ2n) is 5.57. The van der Waals surface area contributed by atoms with Crippen molar-refractivity contribution in [3.63, 3.8) is 0 Å². The summed E-state index contributed by atoms with van der Waals surface area (Å²) in [6.07, 6.45) is 7.06. The smallest absolute Gasteiger partial charge is 0.129 e. The Bertz CT molecular complexity index is 311. The second kappa shape index (κ2) is 4.99. The molecule has 0 spiro atoms. The molecule has 16 heavy (non-hydrogen) atoms. The van der Waals surface area contributed by atoms with Gasteiger partial charge in [-0.25, -0.2) is 0 Å². The molecule has 2 atom stereocenters. The Morgan fingerprint density at radius 1 is 1.69 bits per heavy atom. The van der Waals surface area contributed by atoms with Crippen LogP contribution in [-0.2, 0) is 4.79 Å². The molecule has 0 unspecified atom stereocenters. The highest BCUT2D eigenvalue weighted by Gasteiger charge is 2.41. The summed E-state index contributed by atoms with van der Waals surface area (Å²) in [5.74, 6) is 1.60. The predicted molar refractivity (Wildman–Crippen MR) is 69.2 cm³/mol. The molecule has 0 bridgehead atoms. The van der Waals surface area contributed by atoms with Crippen molar-refractivity contribution >= 4 is 5.78 Å². The zero-order valence-electron chi connectivity index (χ0n) is 11.0. The van der Waals surface area contributed by atoms with E-state index in [-0.39, 0.29) is 5.41 Å². The van der Waals surface area contributed by atoms with Gasteiger partial charge in [0, 0.05) is 6.42 Å². The van der Waals surface area contributed by atoms with Crippen molar-refractivity contribution < 1.29 is 4.79 Å². The van der Waals surface area contributed by atoms with Crippen LogP contribution in [0, 0.1) is 17.3 Å². The second-order valence-corrected chi connectivity index (χ2v) is 5.57. The molecule has 1 heteroatoms. The molecule has 1 aliphatic carbocycles. The lowest BCUT2D eigenvalue weighted by Crippen LogP contribution is -2.29. The standard InChI is InChI=1S/C15H24O/c1-6-13-7-8-14(11(2)3)15(13,5)10-9-12(4)16/h6-7,11,14H,1,8-10H2,2-5H3/t14-,15+/m1/s1. The van der Waals surface area contributed by atoms with Crippen LogP contribution in [0.4, 0.5) is 0 Å². The van der Waals surface area contributed by atoms with Gasteiger partial charge >= 0.3 is 0 Å². The van der Waals surface area contributed by atoms with Gasteiger partial charge in [-0.05, 0) is 42.6 Å². The average Bonchev–Trinajstić information content (AvgIpc) is 2.53. The van der Waals surface area contributed by atoms with Crippen molar-refractivity contribution in [2.24, 2.45) is 17.3 Å². The van der Waals surface area contributed by atoms with Crippen molar-refractivity contribution in [1.29, 1.82) is 0 Å². The molecule has 0 aromatic rings. The molecule has 0 radical (unpaired) electrons. The van der Waals surface area contributed by atoms with Crippen molar-refractivity contribution in [3.8, 4) is 0 Å². The molecule has 0 saturated carbocycles. The third-order valence-corrected chi connectivity index (χ3v) is 4.09. The van der Waals surface area contributed by atoms with Gasteiger partial charge in [0.15, 0.2) is 0 Å². The van der Waals surface area contributed by atoms with E-state index in [1.807, 2.05) is 6.08 Å². The lowest BCUT2D eigenvalue weighted by atomic mass is 9.68. The fourth-order valence-electron chi connectivity index (χ4n) is 3.05. The van der Waals surface area contributed by atoms with Gasteiger partial charge in [-0.3, -0.25) is 0 Å². The summed E-state index contributed by atoms with van der Waals surface area (Å²) < 4.78 is 0. The first-order valence-corrected chi connectivity index (χ1v) is 6.24. The number of carbonyl (C=O) groups excluding carboxylic acids is 1. The fraction of sp³-hybridized carbons (Fsp3) is 0.667. The molecular weight excluding hydrogens is 196 g/mol. The van der Waals surface area contributed by atoms with E-state index in [9.17, 15) is 4.79 Å². The van der Waals surface area contributed by atoms with Crippen LogP contribution in [0.2, 0.25) is 0 Å². The van der Waals surface area contributed by atoms with Crippen LogP contribution in [0.3, 0.4) is 0 Å². The summed E-state index contributed by atoms with van der Waals surface area (Å²) >= 11 is 0. The van der Waals surface area contributed by atoms with E-state index in [1.54, 1.807) is 6.92 Å². The Labute approximate surface area is 99.6 Å². The maximum atomic E-state index is 11.2. The number of Topliss-reactive ketones (excluding diaryl/α,β-unsaturated/α-hetero) is 1. The lowest BCUT2D eigenvalue weighted by Gasteiger charge is -2.36. The minimum atomic E-state index is 0.154. The van der Waals surface area contributed by atoms with Gasteiger partial charge in [-0.15, -0.1) is 0 Å². The number of carbonyl (C=O) groups is 1. The predicted octanol–water partition coefficient (Wildman–Crippen LogP) is 4.15. The number of ketones is 1. The van der Waals surface area contributed by atoms with Crippen molar-refractivity contribution in [2.75, 3.05) is 0 Å². The first-order valence-electron chi connectivity index (χ1n) is 6.24. The first-order chi connectivity index (χ1) is 7.41. The van der Waals surface area contributed by atoms with E-state index in [0.717, 1.165) is 12.8 Å². The fourth-order valence-corrected chi connectivity index (χ4v) is 3.05. The van der Waals surface area contributed by atoms with Gasteiger partial charge in [-0.2, -0.15) is 0 Å². The van der Waals surface area contributed by atoms with Gasteiger partial charge < -0.3 is 4.79 Å². The summed E-state index contributed by atoms with van der Waals surface area (Å²) in [6.45, 7) is 12.4. The van der Waals surface area contributed by atoms with Gasteiger partial charge in [0.2, 0.25) is 0 Å². The Balaban J connectivity index is 2.87. The zero-order chi connectivity index (χ0) is 12.3. The van der Waals surface area contributed by atoms with E-state index < -0.39 is 0 Å². The summed E-state index contributed by atoms with van der Waals surface area (Å²) in [5.41, 5.74) is 1.49. The molecule has 0 heterocycles. The summed E-state index contributed by atoms with van der Waals surface area (Å²) in [5, 5.41) is 0. The highest BCUT2D eigenvalue weighted by atomic mass is 16.1.